The average Bonchev–Trinajstić information content (AvgIpc) is 2.80. The lowest BCUT2D eigenvalue weighted by atomic mass is 9.80. The standard InChI is InChI=1S/C14H10BNO3/c1-16-11-3-2-4-12(8-11)19-13-5-6-14-10(7-13)9-18-15(14)17/h2-8,17H,9H2. The Hall–Kier alpha value is -2.29. The summed E-state index contributed by atoms with van der Waals surface area (Å²) in [6, 6.07) is 12.4. The number of hydrogen-bond acceptors (Lipinski definition) is 3. The molecular weight excluding hydrogens is 241 g/mol. The summed E-state index contributed by atoms with van der Waals surface area (Å²) >= 11 is 0. The molecular formula is C14H10BNO3. The van der Waals surface area contributed by atoms with Crippen molar-refractivity contribution in [1.82, 2.24) is 0 Å². The van der Waals surface area contributed by atoms with Crippen LogP contribution in [0, 0.1) is 6.57 Å². The summed E-state index contributed by atoms with van der Waals surface area (Å²) < 4.78 is 10.8. The number of rotatable bonds is 2. The molecule has 1 aliphatic heterocycles. The second kappa shape index (κ2) is 4.77. The van der Waals surface area contributed by atoms with Gasteiger partial charge in [0.05, 0.1) is 13.2 Å². The molecule has 92 valence electrons. The molecule has 1 heterocycles. The third-order valence-corrected chi connectivity index (χ3v) is 2.96. The van der Waals surface area contributed by atoms with Gasteiger partial charge in [0, 0.05) is 0 Å². The molecule has 2 aromatic rings. The van der Waals surface area contributed by atoms with E-state index in [9.17, 15) is 5.02 Å². The molecule has 0 radical (unpaired) electrons. The Balaban J connectivity index is 1.86. The second-order valence-corrected chi connectivity index (χ2v) is 4.24. The van der Waals surface area contributed by atoms with Crippen LogP contribution in [0.2, 0.25) is 0 Å². The first-order chi connectivity index (χ1) is 9.26. The first-order valence-corrected chi connectivity index (χ1v) is 5.84. The number of nitrogens with zero attached hydrogens (tertiary/aromatic N) is 1. The van der Waals surface area contributed by atoms with Gasteiger partial charge in [0.1, 0.15) is 11.5 Å². The van der Waals surface area contributed by atoms with Gasteiger partial charge in [-0.2, -0.15) is 0 Å². The second-order valence-electron chi connectivity index (χ2n) is 4.24. The van der Waals surface area contributed by atoms with E-state index >= 15 is 0 Å². The van der Waals surface area contributed by atoms with Gasteiger partial charge in [-0.05, 0) is 35.3 Å². The summed E-state index contributed by atoms with van der Waals surface area (Å²) in [6.07, 6.45) is 0. The minimum absolute atomic E-state index is 0.385. The van der Waals surface area contributed by atoms with Crippen LogP contribution in [-0.4, -0.2) is 12.1 Å². The van der Waals surface area contributed by atoms with Crippen LogP contribution >= 0.6 is 0 Å². The van der Waals surface area contributed by atoms with E-state index < -0.39 is 7.12 Å². The summed E-state index contributed by atoms with van der Waals surface area (Å²) in [5.41, 5.74) is 2.24. The Bertz CT molecular complexity index is 666. The molecule has 0 bridgehead atoms. The molecule has 19 heavy (non-hydrogen) atoms. The van der Waals surface area contributed by atoms with Crippen LogP contribution in [-0.2, 0) is 11.3 Å². The Morgan fingerprint density at radius 3 is 2.89 bits per heavy atom. The summed E-state index contributed by atoms with van der Waals surface area (Å²) in [7, 11) is -0.838. The van der Waals surface area contributed by atoms with Crippen molar-refractivity contribution < 1.29 is 14.4 Å². The molecule has 0 unspecified atom stereocenters. The Morgan fingerprint density at radius 1 is 1.21 bits per heavy atom. The van der Waals surface area contributed by atoms with Crippen molar-refractivity contribution >= 4 is 18.3 Å². The molecule has 0 saturated carbocycles. The third kappa shape index (κ3) is 2.32. The maximum Gasteiger partial charge on any atom is 0.491 e. The van der Waals surface area contributed by atoms with Gasteiger partial charge in [0.2, 0.25) is 0 Å². The highest BCUT2D eigenvalue weighted by Gasteiger charge is 2.27. The molecule has 0 amide bonds. The van der Waals surface area contributed by atoms with Gasteiger partial charge >= 0.3 is 7.12 Å². The Labute approximate surface area is 111 Å². The van der Waals surface area contributed by atoms with E-state index in [2.05, 4.69) is 4.85 Å². The molecule has 3 rings (SSSR count). The first-order valence-electron chi connectivity index (χ1n) is 5.84. The Morgan fingerprint density at radius 2 is 2.05 bits per heavy atom. The molecule has 0 fully saturated rings. The highest BCUT2D eigenvalue weighted by molar-refractivity contribution is 6.61. The largest absolute Gasteiger partial charge is 0.491 e. The van der Waals surface area contributed by atoms with Gasteiger partial charge in [0.15, 0.2) is 5.69 Å². The number of benzene rings is 2. The molecule has 0 saturated heterocycles. The highest BCUT2D eigenvalue weighted by Crippen LogP contribution is 2.26. The lowest BCUT2D eigenvalue weighted by molar-refractivity contribution is 0.275. The van der Waals surface area contributed by atoms with Crippen LogP contribution in [0.1, 0.15) is 5.56 Å². The third-order valence-electron chi connectivity index (χ3n) is 2.96. The minimum Gasteiger partial charge on any atom is -0.459 e. The van der Waals surface area contributed by atoms with E-state index in [1.54, 1.807) is 36.4 Å². The molecule has 4 nitrogen and oxygen atoms in total. The maximum atomic E-state index is 9.53. The van der Waals surface area contributed by atoms with Crippen LogP contribution in [0.3, 0.4) is 0 Å². The SMILES string of the molecule is [C-]#[N+]c1cccc(Oc2ccc3c(c2)COB3O)c1. The van der Waals surface area contributed by atoms with E-state index in [0.717, 1.165) is 11.0 Å². The quantitative estimate of drug-likeness (QED) is 0.657. The van der Waals surface area contributed by atoms with Gasteiger partial charge in [-0.25, -0.2) is 4.85 Å². The number of ether oxygens (including phenoxy) is 1. The van der Waals surface area contributed by atoms with Crippen molar-refractivity contribution in [1.29, 1.82) is 0 Å². The molecule has 0 aliphatic carbocycles. The summed E-state index contributed by atoms with van der Waals surface area (Å²) in [6.45, 7) is 7.35. The van der Waals surface area contributed by atoms with Crippen LogP contribution in [0.15, 0.2) is 42.5 Å². The fourth-order valence-corrected chi connectivity index (χ4v) is 2.02. The molecule has 2 aromatic carbocycles. The summed E-state index contributed by atoms with van der Waals surface area (Å²) in [4.78, 5) is 3.36. The van der Waals surface area contributed by atoms with Crippen LogP contribution in [0.4, 0.5) is 5.69 Å². The van der Waals surface area contributed by atoms with E-state index in [0.29, 0.717) is 23.8 Å². The van der Waals surface area contributed by atoms with E-state index in [4.69, 9.17) is 16.0 Å². The fraction of sp³-hybridized carbons (Fsp3) is 0.0714. The lowest BCUT2D eigenvalue weighted by Crippen LogP contribution is -2.27. The van der Waals surface area contributed by atoms with Crippen molar-refractivity contribution in [3.63, 3.8) is 0 Å². The smallest absolute Gasteiger partial charge is 0.459 e. The summed E-state index contributed by atoms with van der Waals surface area (Å²) in [5.74, 6) is 1.28. The topological polar surface area (TPSA) is 43.0 Å². The average molecular weight is 251 g/mol. The summed E-state index contributed by atoms with van der Waals surface area (Å²) in [5, 5.41) is 9.53. The predicted molar refractivity (Wildman–Crippen MR) is 71.6 cm³/mol. The van der Waals surface area contributed by atoms with Gasteiger partial charge in [-0.15, -0.1) is 0 Å². The Kier molecular flexibility index (Phi) is 2.96. The number of hydrogen-bond donors (Lipinski definition) is 1. The lowest BCUT2D eigenvalue weighted by Gasteiger charge is -2.07. The molecule has 5 heteroatoms. The van der Waals surface area contributed by atoms with Crippen LogP contribution in [0.5, 0.6) is 11.5 Å². The van der Waals surface area contributed by atoms with Gasteiger partial charge in [-0.1, -0.05) is 18.2 Å². The van der Waals surface area contributed by atoms with Crippen molar-refractivity contribution in [2.75, 3.05) is 0 Å². The first kappa shape index (κ1) is 11.8. The zero-order valence-corrected chi connectivity index (χ0v) is 10.0. The molecule has 0 spiro atoms. The zero-order valence-electron chi connectivity index (χ0n) is 10.0. The highest BCUT2D eigenvalue weighted by atomic mass is 16.5. The predicted octanol–water partition coefficient (Wildman–Crippen LogP) is 2.25. The molecule has 1 aliphatic rings. The fourth-order valence-electron chi connectivity index (χ4n) is 2.02. The molecule has 1 N–H and O–H groups in total. The molecule has 0 aromatic heterocycles. The number of fused-ring (bicyclic) bond motifs is 1. The van der Waals surface area contributed by atoms with Gasteiger partial charge < -0.3 is 14.4 Å². The monoisotopic (exact) mass is 251 g/mol. The van der Waals surface area contributed by atoms with Gasteiger partial charge in [0.25, 0.3) is 0 Å². The van der Waals surface area contributed by atoms with Gasteiger partial charge in [-0.3, -0.25) is 0 Å². The van der Waals surface area contributed by atoms with Crippen molar-refractivity contribution in [2.45, 2.75) is 6.61 Å². The van der Waals surface area contributed by atoms with Crippen molar-refractivity contribution in [3.05, 3.63) is 59.4 Å². The van der Waals surface area contributed by atoms with E-state index in [1.165, 1.54) is 0 Å². The van der Waals surface area contributed by atoms with Crippen LogP contribution in [0.25, 0.3) is 4.85 Å². The van der Waals surface area contributed by atoms with E-state index in [1.807, 2.05) is 6.07 Å². The normalized spacial score (nSPS) is 12.9. The minimum atomic E-state index is -0.838. The van der Waals surface area contributed by atoms with Crippen molar-refractivity contribution in [3.8, 4) is 11.5 Å². The maximum absolute atomic E-state index is 9.53. The van der Waals surface area contributed by atoms with E-state index in [-0.39, 0.29) is 0 Å². The molecule has 0 atom stereocenters. The van der Waals surface area contributed by atoms with Crippen LogP contribution < -0.4 is 10.2 Å². The van der Waals surface area contributed by atoms with Crippen molar-refractivity contribution in [2.24, 2.45) is 0 Å². The zero-order chi connectivity index (χ0) is 13.2.